The first kappa shape index (κ1) is 15.9. The lowest BCUT2D eigenvalue weighted by molar-refractivity contribution is -0.180. The fraction of sp³-hybridized carbons (Fsp3) is 0.882. The Morgan fingerprint density at radius 2 is 1.91 bits per heavy atom. The average molecular weight is 307 g/mol. The Morgan fingerprint density at radius 3 is 2.55 bits per heavy atom. The molecule has 0 amide bonds. The normalized spacial score (nSPS) is 27.3. The van der Waals surface area contributed by atoms with Crippen LogP contribution in [0.1, 0.15) is 64.2 Å². The highest BCUT2D eigenvalue weighted by Crippen LogP contribution is 2.55. The molecule has 3 rings (SSSR count). The third kappa shape index (κ3) is 2.81. The molecule has 0 bridgehead atoms. The summed E-state index contributed by atoms with van der Waals surface area (Å²) in [7, 11) is 2.19. The first-order valence-corrected chi connectivity index (χ1v) is 8.82. The SMILES string of the molecule is CCO[C@@H]1C[C@H](N(C)Cc2nnc(CC)o2)C12CCCCC2. The molecule has 0 aromatic carbocycles. The second-order valence-corrected chi connectivity index (χ2v) is 6.85. The third-order valence-electron chi connectivity index (χ3n) is 5.62. The predicted octanol–water partition coefficient (Wildman–Crippen LogP) is 3.19. The van der Waals surface area contributed by atoms with Gasteiger partial charge in [0.05, 0.1) is 12.6 Å². The lowest BCUT2D eigenvalue weighted by atomic mass is 9.54. The van der Waals surface area contributed by atoms with E-state index in [4.69, 9.17) is 9.15 Å². The molecule has 2 aliphatic rings. The van der Waals surface area contributed by atoms with Gasteiger partial charge in [0, 0.05) is 24.5 Å². The van der Waals surface area contributed by atoms with Crippen molar-refractivity contribution in [2.75, 3.05) is 13.7 Å². The Hall–Kier alpha value is -0.940. The summed E-state index contributed by atoms with van der Waals surface area (Å²) < 4.78 is 11.7. The largest absolute Gasteiger partial charge is 0.424 e. The molecule has 5 heteroatoms. The fourth-order valence-electron chi connectivity index (χ4n) is 4.46. The number of rotatable bonds is 6. The van der Waals surface area contributed by atoms with Gasteiger partial charge in [0.1, 0.15) is 0 Å². The minimum atomic E-state index is 0.358. The van der Waals surface area contributed by atoms with Crippen molar-refractivity contribution in [3.8, 4) is 0 Å². The van der Waals surface area contributed by atoms with E-state index in [0.29, 0.717) is 17.6 Å². The lowest BCUT2D eigenvalue weighted by Gasteiger charge is -2.60. The highest BCUT2D eigenvalue weighted by Gasteiger charge is 2.56. The number of aryl methyl sites for hydroxylation is 1. The van der Waals surface area contributed by atoms with Gasteiger partial charge < -0.3 is 9.15 Å². The van der Waals surface area contributed by atoms with Gasteiger partial charge in [0.2, 0.25) is 11.8 Å². The van der Waals surface area contributed by atoms with Crippen molar-refractivity contribution in [1.29, 1.82) is 0 Å². The molecule has 0 saturated heterocycles. The van der Waals surface area contributed by atoms with Crippen LogP contribution in [0.3, 0.4) is 0 Å². The molecule has 2 aliphatic carbocycles. The van der Waals surface area contributed by atoms with Gasteiger partial charge in [-0.15, -0.1) is 10.2 Å². The van der Waals surface area contributed by atoms with Gasteiger partial charge in [0.15, 0.2) is 0 Å². The van der Waals surface area contributed by atoms with Crippen molar-refractivity contribution >= 4 is 0 Å². The van der Waals surface area contributed by atoms with Crippen LogP contribution in [-0.4, -0.2) is 40.9 Å². The Morgan fingerprint density at radius 1 is 1.18 bits per heavy atom. The van der Waals surface area contributed by atoms with Crippen LogP contribution < -0.4 is 0 Å². The van der Waals surface area contributed by atoms with Crippen LogP contribution in [0.4, 0.5) is 0 Å². The molecular formula is C17H29N3O2. The van der Waals surface area contributed by atoms with E-state index in [9.17, 15) is 0 Å². The molecule has 1 heterocycles. The lowest BCUT2D eigenvalue weighted by Crippen LogP contribution is -2.64. The molecule has 2 atom stereocenters. The summed E-state index contributed by atoms with van der Waals surface area (Å²) in [6, 6.07) is 0.585. The van der Waals surface area contributed by atoms with Crippen LogP contribution in [0, 0.1) is 5.41 Å². The molecule has 22 heavy (non-hydrogen) atoms. The van der Waals surface area contributed by atoms with Crippen LogP contribution in [-0.2, 0) is 17.7 Å². The zero-order valence-corrected chi connectivity index (χ0v) is 14.2. The first-order valence-electron chi connectivity index (χ1n) is 8.82. The minimum Gasteiger partial charge on any atom is -0.424 e. The van der Waals surface area contributed by atoms with Crippen LogP contribution in [0.2, 0.25) is 0 Å². The van der Waals surface area contributed by atoms with Gasteiger partial charge in [-0.1, -0.05) is 26.2 Å². The molecule has 5 nitrogen and oxygen atoms in total. The second-order valence-electron chi connectivity index (χ2n) is 6.85. The molecule has 0 aliphatic heterocycles. The van der Waals surface area contributed by atoms with E-state index in [-0.39, 0.29) is 0 Å². The van der Waals surface area contributed by atoms with Crippen molar-refractivity contribution in [1.82, 2.24) is 15.1 Å². The summed E-state index contributed by atoms with van der Waals surface area (Å²) >= 11 is 0. The molecule has 1 spiro atoms. The summed E-state index contributed by atoms with van der Waals surface area (Å²) in [6.45, 7) is 5.72. The maximum atomic E-state index is 6.05. The highest BCUT2D eigenvalue weighted by atomic mass is 16.5. The van der Waals surface area contributed by atoms with Crippen molar-refractivity contribution < 1.29 is 9.15 Å². The molecule has 0 N–H and O–H groups in total. The number of nitrogens with zero attached hydrogens (tertiary/aromatic N) is 3. The van der Waals surface area contributed by atoms with Gasteiger partial charge >= 0.3 is 0 Å². The predicted molar refractivity (Wildman–Crippen MR) is 84.5 cm³/mol. The molecule has 0 radical (unpaired) electrons. The van der Waals surface area contributed by atoms with Gasteiger partial charge in [-0.2, -0.15) is 0 Å². The summed E-state index contributed by atoms with van der Waals surface area (Å²) in [4.78, 5) is 2.41. The van der Waals surface area contributed by atoms with E-state index in [1.807, 2.05) is 6.92 Å². The van der Waals surface area contributed by atoms with Crippen LogP contribution in [0.5, 0.6) is 0 Å². The minimum absolute atomic E-state index is 0.358. The van der Waals surface area contributed by atoms with E-state index in [2.05, 4.69) is 29.1 Å². The van der Waals surface area contributed by atoms with Crippen LogP contribution in [0.15, 0.2) is 4.42 Å². The second kappa shape index (κ2) is 6.67. The molecule has 124 valence electrons. The molecule has 2 fully saturated rings. The monoisotopic (exact) mass is 307 g/mol. The standard InChI is InChI=1S/C17H29N3O2/c1-4-15-18-19-16(22-15)12-20(3)13-11-14(21-5-2)17(13)9-7-6-8-10-17/h13-14H,4-12H2,1-3H3/t13-,14+/m0/s1. The smallest absolute Gasteiger partial charge is 0.230 e. The fourth-order valence-corrected chi connectivity index (χ4v) is 4.46. The van der Waals surface area contributed by atoms with E-state index >= 15 is 0 Å². The van der Waals surface area contributed by atoms with Crippen molar-refractivity contribution in [3.05, 3.63) is 11.8 Å². The first-order chi connectivity index (χ1) is 10.7. The van der Waals surface area contributed by atoms with Crippen LogP contribution in [0.25, 0.3) is 0 Å². The number of hydrogen-bond acceptors (Lipinski definition) is 5. The van der Waals surface area contributed by atoms with Crippen molar-refractivity contribution in [3.63, 3.8) is 0 Å². The molecule has 1 aromatic heterocycles. The van der Waals surface area contributed by atoms with Crippen molar-refractivity contribution in [2.24, 2.45) is 5.41 Å². The van der Waals surface area contributed by atoms with Gasteiger partial charge in [-0.05, 0) is 33.2 Å². The number of ether oxygens (including phenoxy) is 1. The quantitative estimate of drug-likeness (QED) is 0.808. The average Bonchev–Trinajstić information content (AvgIpc) is 2.99. The maximum Gasteiger partial charge on any atom is 0.230 e. The summed E-state index contributed by atoms with van der Waals surface area (Å²) in [5.74, 6) is 1.47. The Labute approximate surface area is 133 Å². The van der Waals surface area contributed by atoms with Crippen LogP contribution >= 0.6 is 0 Å². The molecule has 1 aromatic rings. The number of hydrogen-bond donors (Lipinski definition) is 0. The highest BCUT2D eigenvalue weighted by molar-refractivity contribution is 5.09. The summed E-state index contributed by atoms with van der Waals surface area (Å²) in [5, 5.41) is 8.24. The third-order valence-corrected chi connectivity index (χ3v) is 5.62. The van der Waals surface area contributed by atoms with Gasteiger partial charge in [-0.25, -0.2) is 0 Å². The molecule has 2 saturated carbocycles. The zero-order chi connectivity index (χ0) is 15.6. The molecule has 0 unspecified atom stereocenters. The summed E-state index contributed by atoms with van der Waals surface area (Å²) in [5.41, 5.74) is 0.358. The topological polar surface area (TPSA) is 51.4 Å². The molecular weight excluding hydrogens is 278 g/mol. The van der Waals surface area contributed by atoms with E-state index in [0.717, 1.165) is 37.8 Å². The summed E-state index contributed by atoms with van der Waals surface area (Å²) in [6.07, 6.45) is 9.05. The van der Waals surface area contributed by atoms with Crippen molar-refractivity contribution in [2.45, 2.75) is 77.5 Å². The Bertz CT molecular complexity index is 482. The van der Waals surface area contributed by atoms with Gasteiger partial charge in [0.25, 0.3) is 0 Å². The van der Waals surface area contributed by atoms with Gasteiger partial charge in [-0.3, -0.25) is 4.90 Å². The van der Waals surface area contributed by atoms with E-state index in [1.165, 1.54) is 32.1 Å². The van der Waals surface area contributed by atoms with E-state index in [1.54, 1.807) is 0 Å². The zero-order valence-electron chi connectivity index (χ0n) is 14.2. The van der Waals surface area contributed by atoms with E-state index < -0.39 is 0 Å². The number of aromatic nitrogens is 2. The Kier molecular flexibility index (Phi) is 4.83. The maximum absolute atomic E-state index is 6.05. The Balaban J connectivity index is 1.67.